The molecule has 0 unspecified atom stereocenters. The summed E-state index contributed by atoms with van der Waals surface area (Å²) in [5.41, 5.74) is 1.06. The van der Waals surface area contributed by atoms with Gasteiger partial charge in [-0.3, -0.25) is 14.4 Å². The zero-order valence-corrected chi connectivity index (χ0v) is 12.5. The van der Waals surface area contributed by atoms with E-state index in [9.17, 15) is 14.4 Å². The summed E-state index contributed by atoms with van der Waals surface area (Å²) in [4.78, 5) is 40.0. The van der Waals surface area contributed by atoms with Gasteiger partial charge in [0.05, 0.1) is 0 Å². The van der Waals surface area contributed by atoms with E-state index in [1.165, 1.54) is 0 Å². The number of carbonyl (C=O) groups excluding carboxylic acids is 3. The predicted octanol–water partition coefficient (Wildman–Crippen LogP) is 0.319. The normalized spacial score (nSPS) is 15.2. The van der Waals surface area contributed by atoms with Gasteiger partial charge in [0, 0.05) is 25.3 Å². The smallest absolute Gasteiger partial charge is 0.314 e. The Morgan fingerprint density at radius 2 is 2.05 bits per heavy atom. The van der Waals surface area contributed by atoms with Crippen LogP contribution >= 0.6 is 0 Å². The molecule has 1 aliphatic heterocycles. The summed E-state index contributed by atoms with van der Waals surface area (Å²) >= 11 is 0. The first-order chi connectivity index (χ1) is 10.6. The minimum Gasteiger partial charge on any atom is -0.345 e. The molecule has 0 radical (unpaired) electrons. The van der Waals surface area contributed by atoms with Gasteiger partial charge in [-0.05, 0) is 30.9 Å². The van der Waals surface area contributed by atoms with Gasteiger partial charge in [-0.25, -0.2) is 4.98 Å². The van der Waals surface area contributed by atoms with Crippen molar-refractivity contribution in [1.29, 1.82) is 0 Å². The summed E-state index contributed by atoms with van der Waals surface area (Å²) < 4.78 is 0. The molecular formula is C15H20N4O3. The van der Waals surface area contributed by atoms with E-state index >= 15 is 0 Å². The molecule has 3 amide bonds. The lowest BCUT2D eigenvalue weighted by atomic mass is 10.1. The number of carbonyl (C=O) groups is 3. The molecule has 0 aromatic carbocycles. The highest BCUT2D eigenvalue weighted by molar-refractivity contribution is 6.39. The number of aromatic nitrogens is 1. The molecule has 2 N–H and O–H groups in total. The Morgan fingerprint density at radius 1 is 1.32 bits per heavy atom. The Balaban J connectivity index is 1.81. The molecule has 22 heavy (non-hydrogen) atoms. The summed E-state index contributed by atoms with van der Waals surface area (Å²) in [7, 11) is 0. The van der Waals surface area contributed by atoms with Crippen LogP contribution in [-0.2, 0) is 20.8 Å². The van der Waals surface area contributed by atoms with Crippen molar-refractivity contribution in [2.24, 2.45) is 0 Å². The van der Waals surface area contributed by atoms with Crippen molar-refractivity contribution in [3.8, 4) is 0 Å². The number of likely N-dealkylation sites (tertiary alicyclic amines) is 1. The van der Waals surface area contributed by atoms with Crippen LogP contribution in [0.1, 0.15) is 25.3 Å². The van der Waals surface area contributed by atoms with Gasteiger partial charge in [-0.1, -0.05) is 13.0 Å². The molecule has 0 bridgehead atoms. The minimum absolute atomic E-state index is 0.0788. The number of nitrogens with zero attached hydrogens (tertiary/aromatic N) is 2. The van der Waals surface area contributed by atoms with Crippen LogP contribution < -0.4 is 10.6 Å². The Morgan fingerprint density at radius 3 is 2.59 bits per heavy atom. The molecule has 1 aliphatic rings. The zero-order chi connectivity index (χ0) is 15.9. The van der Waals surface area contributed by atoms with E-state index in [1.807, 2.05) is 13.0 Å². The molecule has 118 valence electrons. The van der Waals surface area contributed by atoms with E-state index in [2.05, 4.69) is 15.6 Å². The zero-order valence-electron chi connectivity index (χ0n) is 12.5. The molecule has 7 nitrogen and oxygen atoms in total. The molecule has 0 atom stereocenters. The largest absolute Gasteiger partial charge is 0.345 e. The van der Waals surface area contributed by atoms with Crippen LogP contribution in [0.25, 0.3) is 0 Å². The Hall–Kier alpha value is -2.44. The van der Waals surface area contributed by atoms with Crippen molar-refractivity contribution < 1.29 is 14.4 Å². The van der Waals surface area contributed by atoms with Gasteiger partial charge in [-0.2, -0.15) is 0 Å². The summed E-state index contributed by atoms with van der Waals surface area (Å²) in [6.45, 7) is 3.20. The third kappa shape index (κ3) is 4.28. The van der Waals surface area contributed by atoms with E-state index < -0.39 is 11.8 Å². The fraction of sp³-hybridized carbons (Fsp3) is 0.467. The number of anilines is 1. The fourth-order valence-corrected chi connectivity index (χ4v) is 2.28. The number of amides is 3. The van der Waals surface area contributed by atoms with Crippen molar-refractivity contribution in [1.82, 2.24) is 15.2 Å². The lowest BCUT2D eigenvalue weighted by Crippen LogP contribution is -2.47. The van der Waals surface area contributed by atoms with Gasteiger partial charge in [0.25, 0.3) is 0 Å². The van der Waals surface area contributed by atoms with Crippen molar-refractivity contribution in [2.75, 3.05) is 18.4 Å². The second kappa shape index (κ2) is 7.53. The molecule has 7 heteroatoms. The predicted molar refractivity (Wildman–Crippen MR) is 81.0 cm³/mol. The van der Waals surface area contributed by atoms with Crippen LogP contribution in [0, 0.1) is 0 Å². The quantitative estimate of drug-likeness (QED) is 0.619. The molecule has 0 saturated carbocycles. The number of aryl methyl sites for hydroxylation is 1. The van der Waals surface area contributed by atoms with Crippen LogP contribution in [0.2, 0.25) is 0 Å². The summed E-state index contributed by atoms with van der Waals surface area (Å²) in [5, 5.41) is 5.16. The number of hydrogen-bond acceptors (Lipinski definition) is 4. The number of rotatable bonds is 4. The van der Waals surface area contributed by atoms with Gasteiger partial charge in [0.1, 0.15) is 5.82 Å². The average Bonchev–Trinajstić information content (AvgIpc) is 2.56. The molecule has 0 spiro atoms. The molecular weight excluding hydrogens is 284 g/mol. The van der Waals surface area contributed by atoms with Crippen LogP contribution in [0.3, 0.4) is 0 Å². The topological polar surface area (TPSA) is 91.4 Å². The van der Waals surface area contributed by atoms with Crippen molar-refractivity contribution in [3.63, 3.8) is 0 Å². The lowest BCUT2D eigenvalue weighted by molar-refractivity contribution is -0.136. The Bertz CT molecular complexity index is 536. The summed E-state index contributed by atoms with van der Waals surface area (Å²) in [6, 6.07) is 3.45. The first-order valence-electron chi connectivity index (χ1n) is 7.38. The standard InChI is InChI=1S/C15H20N4O3/c1-2-11-3-4-13(16-9-11)18-15(22)14(21)17-12-5-7-19(10-20)8-6-12/h3-4,9-10,12H,2,5-8H2,1H3,(H,17,21)(H,16,18,22). The van der Waals surface area contributed by atoms with E-state index in [0.29, 0.717) is 31.7 Å². The highest BCUT2D eigenvalue weighted by Crippen LogP contribution is 2.09. The first-order valence-corrected chi connectivity index (χ1v) is 7.38. The molecule has 2 heterocycles. The van der Waals surface area contributed by atoms with E-state index in [4.69, 9.17) is 0 Å². The van der Waals surface area contributed by atoms with Crippen molar-refractivity contribution in [3.05, 3.63) is 23.9 Å². The molecule has 0 aliphatic carbocycles. The van der Waals surface area contributed by atoms with Gasteiger partial charge >= 0.3 is 11.8 Å². The van der Waals surface area contributed by atoms with Crippen molar-refractivity contribution >= 4 is 24.0 Å². The van der Waals surface area contributed by atoms with Gasteiger partial charge in [0.2, 0.25) is 6.41 Å². The lowest BCUT2D eigenvalue weighted by Gasteiger charge is -2.29. The average molecular weight is 304 g/mol. The summed E-state index contributed by atoms with van der Waals surface area (Å²) in [6.07, 6.45) is 4.64. The Kier molecular flexibility index (Phi) is 5.46. The third-order valence-corrected chi connectivity index (χ3v) is 3.69. The molecule has 2 rings (SSSR count). The second-order valence-corrected chi connectivity index (χ2v) is 5.25. The maximum absolute atomic E-state index is 11.9. The minimum atomic E-state index is -0.727. The molecule has 1 aromatic rings. The number of hydrogen-bond donors (Lipinski definition) is 2. The van der Waals surface area contributed by atoms with Crippen LogP contribution in [0.5, 0.6) is 0 Å². The highest BCUT2D eigenvalue weighted by atomic mass is 16.2. The fourth-order valence-electron chi connectivity index (χ4n) is 2.28. The van der Waals surface area contributed by atoms with E-state index in [1.54, 1.807) is 17.2 Å². The van der Waals surface area contributed by atoms with Gasteiger partial charge in [-0.15, -0.1) is 0 Å². The van der Waals surface area contributed by atoms with Gasteiger partial charge in [0.15, 0.2) is 0 Å². The Labute approximate surface area is 129 Å². The van der Waals surface area contributed by atoms with Gasteiger partial charge < -0.3 is 15.5 Å². The number of piperidine rings is 1. The van der Waals surface area contributed by atoms with Crippen molar-refractivity contribution in [2.45, 2.75) is 32.2 Å². The highest BCUT2D eigenvalue weighted by Gasteiger charge is 2.22. The number of pyridine rings is 1. The molecule has 1 fully saturated rings. The molecule has 1 aromatic heterocycles. The van der Waals surface area contributed by atoms with E-state index in [0.717, 1.165) is 18.4 Å². The number of nitrogens with one attached hydrogen (secondary N) is 2. The third-order valence-electron chi connectivity index (χ3n) is 3.69. The summed E-state index contributed by atoms with van der Waals surface area (Å²) in [5.74, 6) is -1.05. The monoisotopic (exact) mass is 304 g/mol. The SMILES string of the molecule is CCc1ccc(NC(=O)C(=O)NC2CCN(C=O)CC2)nc1. The maximum Gasteiger partial charge on any atom is 0.314 e. The maximum atomic E-state index is 11.9. The second-order valence-electron chi connectivity index (χ2n) is 5.25. The van der Waals surface area contributed by atoms with Crippen LogP contribution in [0.15, 0.2) is 18.3 Å². The molecule has 1 saturated heterocycles. The van der Waals surface area contributed by atoms with E-state index in [-0.39, 0.29) is 6.04 Å². The van der Waals surface area contributed by atoms with Crippen LogP contribution in [-0.4, -0.2) is 47.2 Å². The first kappa shape index (κ1) is 15.9. The van der Waals surface area contributed by atoms with Crippen LogP contribution in [0.4, 0.5) is 5.82 Å².